The second-order valence-corrected chi connectivity index (χ2v) is 7.75. The highest BCUT2D eigenvalue weighted by atomic mass is 127. The molecule has 1 aliphatic heterocycles. The van der Waals surface area contributed by atoms with E-state index in [1.807, 2.05) is 26.0 Å². The van der Waals surface area contributed by atoms with E-state index in [0.29, 0.717) is 0 Å². The highest BCUT2D eigenvalue weighted by molar-refractivity contribution is 14.1. The van der Waals surface area contributed by atoms with Crippen LogP contribution in [0.1, 0.15) is 24.8 Å². The number of aliphatic carboxylic acids is 1. The molecule has 1 fully saturated rings. The van der Waals surface area contributed by atoms with Gasteiger partial charge in [0.25, 0.3) is 0 Å². The molecule has 1 saturated heterocycles. The normalized spacial score (nSPS) is 26.2. The van der Waals surface area contributed by atoms with Crippen LogP contribution in [0, 0.1) is 3.57 Å². The maximum Gasteiger partial charge on any atom is 0.322 e. The van der Waals surface area contributed by atoms with Gasteiger partial charge in [-0.05, 0) is 54.6 Å². The third kappa shape index (κ3) is 2.60. The largest absolute Gasteiger partial charge is 0.508 e. The molecule has 2 atom stereocenters. The number of carbonyl (C=O) groups is 1. The van der Waals surface area contributed by atoms with E-state index in [4.69, 9.17) is 0 Å². The predicted octanol–water partition coefficient (Wildman–Crippen LogP) is 2.56. The first-order valence-corrected chi connectivity index (χ1v) is 7.42. The van der Waals surface area contributed by atoms with Gasteiger partial charge in [-0.1, -0.05) is 0 Å². The topological polar surface area (TPSA) is 69.6 Å². The van der Waals surface area contributed by atoms with Crippen molar-refractivity contribution in [2.24, 2.45) is 0 Å². The van der Waals surface area contributed by atoms with Crippen LogP contribution in [0.4, 0.5) is 0 Å². The summed E-state index contributed by atoms with van der Waals surface area (Å²) in [6.45, 7) is 3.79. The van der Waals surface area contributed by atoms with Crippen molar-refractivity contribution in [1.29, 1.82) is 0 Å². The zero-order chi connectivity index (χ0) is 13.5. The zero-order valence-corrected chi connectivity index (χ0v) is 12.9. The van der Waals surface area contributed by atoms with Crippen LogP contribution < -0.4 is 5.32 Å². The van der Waals surface area contributed by atoms with E-state index in [1.54, 1.807) is 6.07 Å². The van der Waals surface area contributed by atoms with Crippen molar-refractivity contribution < 1.29 is 15.0 Å². The summed E-state index contributed by atoms with van der Waals surface area (Å²) in [5.41, 5.74) is 0.740. The number of nitrogens with one attached hydrogen (secondary N) is 1. The van der Waals surface area contributed by atoms with Gasteiger partial charge in [-0.3, -0.25) is 10.1 Å². The van der Waals surface area contributed by atoms with Crippen LogP contribution in [-0.4, -0.2) is 27.0 Å². The zero-order valence-electron chi connectivity index (χ0n) is 9.98. The molecule has 6 heteroatoms. The van der Waals surface area contributed by atoms with Crippen molar-refractivity contribution in [2.45, 2.75) is 30.0 Å². The molecule has 0 amide bonds. The Bertz CT molecular complexity index is 492. The Morgan fingerprint density at radius 2 is 2.17 bits per heavy atom. The van der Waals surface area contributed by atoms with Crippen LogP contribution in [0.5, 0.6) is 5.75 Å². The number of halogens is 1. The lowest BCUT2D eigenvalue weighted by Crippen LogP contribution is -2.43. The van der Waals surface area contributed by atoms with Crippen LogP contribution in [0.2, 0.25) is 0 Å². The Kier molecular flexibility index (Phi) is 3.80. The third-order valence-corrected chi connectivity index (χ3v) is 5.09. The smallest absolute Gasteiger partial charge is 0.322 e. The first-order valence-electron chi connectivity index (χ1n) is 5.46. The second kappa shape index (κ2) is 4.90. The number of hydrogen-bond donors (Lipinski definition) is 3. The molecule has 2 rings (SSSR count). The van der Waals surface area contributed by atoms with Crippen LogP contribution in [0.15, 0.2) is 18.2 Å². The number of phenols is 1. The monoisotopic (exact) mass is 379 g/mol. The maximum atomic E-state index is 11.2. The number of carboxylic acids is 1. The summed E-state index contributed by atoms with van der Waals surface area (Å²) in [5, 5.41) is 22.0. The van der Waals surface area contributed by atoms with E-state index in [-0.39, 0.29) is 11.1 Å². The van der Waals surface area contributed by atoms with Crippen molar-refractivity contribution in [1.82, 2.24) is 5.32 Å². The first-order chi connectivity index (χ1) is 8.31. The Labute approximate surface area is 123 Å². The summed E-state index contributed by atoms with van der Waals surface area (Å²) < 4.78 is 0.601. The van der Waals surface area contributed by atoms with Crippen molar-refractivity contribution in [3.8, 4) is 5.75 Å². The average molecular weight is 379 g/mol. The fourth-order valence-electron chi connectivity index (χ4n) is 2.02. The van der Waals surface area contributed by atoms with Gasteiger partial charge in [0.2, 0.25) is 0 Å². The third-order valence-electron chi connectivity index (χ3n) is 2.95. The minimum absolute atomic E-state index is 0.197. The molecular formula is C12H14INO3S. The molecule has 0 bridgehead atoms. The number of carboxylic acid groups (broad SMARTS) is 1. The number of aromatic hydroxyl groups is 1. The van der Waals surface area contributed by atoms with Gasteiger partial charge >= 0.3 is 5.97 Å². The predicted molar refractivity (Wildman–Crippen MR) is 79.8 cm³/mol. The van der Waals surface area contributed by atoms with Gasteiger partial charge in [0, 0.05) is 13.9 Å². The van der Waals surface area contributed by atoms with Crippen molar-refractivity contribution in [3.05, 3.63) is 27.3 Å². The van der Waals surface area contributed by atoms with Crippen molar-refractivity contribution in [3.63, 3.8) is 0 Å². The summed E-state index contributed by atoms with van der Waals surface area (Å²) in [6.07, 6.45) is 0. The molecule has 0 aliphatic carbocycles. The lowest BCUT2D eigenvalue weighted by Gasteiger charge is -2.20. The molecule has 1 aliphatic rings. The molecular weight excluding hydrogens is 365 g/mol. The Hall–Kier alpha value is -0.470. The molecule has 18 heavy (non-hydrogen) atoms. The Morgan fingerprint density at radius 3 is 2.72 bits per heavy atom. The van der Waals surface area contributed by atoms with Gasteiger partial charge in [-0.25, -0.2) is 0 Å². The molecule has 1 aromatic rings. The summed E-state index contributed by atoms with van der Waals surface area (Å²) in [4.78, 5) is 11.2. The first kappa shape index (κ1) is 14.0. The molecule has 4 nitrogen and oxygen atoms in total. The Balaban J connectivity index is 2.32. The summed E-state index contributed by atoms with van der Waals surface area (Å²) in [6, 6.07) is 4.71. The molecule has 98 valence electrons. The van der Waals surface area contributed by atoms with Gasteiger partial charge < -0.3 is 10.2 Å². The highest BCUT2D eigenvalue weighted by Crippen LogP contribution is 2.47. The molecule has 2 unspecified atom stereocenters. The number of phenolic OH excluding ortho intramolecular Hbond substituents is 1. The van der Waals surface area contributed by atoms with Crippen LogP contribution in [-0.2, 0) is 4.79 Å². The lowest BCUT2D eigenvalue weighted by molar-refractivity contribution is -0.139. The fourth-order valence-corrected chi connectivity index (χ4v) is 3.96. The molecule has 0 aromatic heterocycles. The highest BCUT2D eigenvalue weighted by Gasteiger charge is 2.46. The second-order valence-electron chi connectivity index (χ2n) is 4.74. The summed E-state index contributed by atoms with van der Waals surface area (Å²) in [7, 11) is 0. The van der Waals surface area contributed by atoms with Crippen LogP contribution >= 0.6 is 34.4 Å². The SMILES string of the molecule is CC1(C)SC(c2cc(I)ccc2O)NC1C(=O)O. The van der Waals surface area contributed by atoms with Gasteiger partial charge in [0.1, 0.15) is 11.8 Å². The number of hydrogen-bond acceptors (Lipinski definition) is 4. The van der Waals surface area contributed by atoms with Gasteiger partial charge in [0.05, 0.1) is 5.37 Å². The minimum atomic E-state index is -0.861. The van der Waals surface area contributed by atoms with Crippen molar-refractivity contribution in [2.75, 3.05) is 0 Å². The molecule has 3 N–H and O–H groups in total. The van der Waals surface area contributed by atoms with Crippen molar-refractivity contribution >= 4 is 40.3 Å². The van der Waals surface area contributed by atoms with E-state index >= 15 is 0 Å². The van der Waals surface area contributed by atoms with E-state index in [1.165, 1.54) is 11.8 Å². The molecule has 0 spiro atoms. The van der Waals surface area contributed by atoms with Gasteiger partial charge in [-0.2, -0.15) is 0 Å². The van der Waals surface area contributed by atoms with Crippen LogP contribution in [0.3, 0.4) is 0 Å². The maximum absolute atomic E-state index is 11.2. The minimum Gasteiger partial charge on any atom is -0.508 e. The van der Waals surface area contributed by atoms with E-state index in [0.717, 1.165) is 9.13 Å². The number of rotatable bonds is 2. The average Bonchev–Trinajstić information content (AvgIpc) is 2.58. The van der Waals surface area contributed by atoms with Crippen LogP contribution in [0.25, 0.3) is 0 Å². The fraction of sp³-hybridized carbons (Fsp3) is 0.417. The summed E-state index contributed by atoms with van der Waals surface area (Å²) >= 11 is 3.70. The van der Waals surface area contributed by atoms with Gasteiger partial charge in [-0.15, -0.1) is 11.8 Å². The molecule has 0 radical (unpaired) electrons. The number of thioether (sulfide) groups is 1. The number of benzene rings is 1. The molecule has 0 saturated carbocycles. The standard InChI is InChI=1S/C12H14INO3S/c1-12(2)9(11(16)17)14-10(18-12)7-5-6(13)3-4-8(7)15/h3-5,9-10,14-15H,1-2H3,(H,16,17). The van der Waals surface area contributed by atoms with E-state index in [9.17, 15) is 15.0 Å². The van der Waals surface area contributed by atoms with E-state index < -0.39 is 16.8 Å². The van der Waals surface area contributed by atoms with Gasteiger partial charge in [0.15, 0.2) is 0 Å². The Morgan fingerprint density at radius 1 is 1.50 bits per heavy atom. The molecule has 1 heterocycles. The van der Waals surface area contributed by atoms with E-state index in [2.05, 4.69) is 27.9 Å². The molecule has 1 aromatic carbocycles. The lowest BCUT2D eigenvalue weighted by atomic mass is 10.0. The quantitative estimate of drug-likeness (QED) is 0.690. The summed E-state index contributed by atoms with van der Waals surface area (Å²) in [5.74, 6) is -0.664.